The molecule has 1 aliphatic rings. The number of aryl methyl sites for hydroxylation is 2. The number of thiophene rings is 1. The average molecular weight is 387 g/mol. The van der Waals surface area contributed by atoms with Gasteiger partial charge in [-0.2, -0.15) is 0 Å². The van der Waals surface area contributed by atoms with Gasteiger partial charge in [0, 0.05) is 16.6 Å². The van der Waals surface area contributed by atoms with Gasteiger partial charge in [0.15, 0.2) is 0 Å². The van der Waals surface area contributed by atoms with E-state index in [1.165, 1.54) is 11.3 Å². The van der Waals surface area contributed by atoms with Crippen LogP contribution >= 0.6 is 27.3 Å². The summed E-state index contributed by atoms with van der Waals surface area (Å²) in [6, 6.07) is 7.14. The summed E-state index contributed by atoms with van der Waals surface area (Å²) in [5.41, 5.74) is 8.65. The monoisotopic (exact) mass is 386 g/mol. The molecule has 7 heteroatoms. The molecule has 2 aromatic rings. The molecule has 1 aliphatic carbocycles. The van der Waals surface area contributed by atoms with Crippen LogP contribution in [0.2, 0.25) is 0 Å². The summed E-state index contributed by atoms with van der Waals surface area (Å²) in [5, 5.41) is 0. The average Bonchev–Trinajstić information content (AvgIpc) is 2.93. The van der Waals surface area contributed by atoms with Crippen LogP contribution in [-0.4, -0.2) is 8.42 Å². The third-order valence-corrected chi connectivity index (χ3v) is 6.95. The lowest BCUT2D eigenvalue weighted by atomic mass is 10.1. The number of halogens is 1. The second kappa shape index (κ2) is 5.39. The van der Waals surface area contributed by atoms with E-state index in [0.717, 1.165) is 38.3 Å². The fourth-order valence-corrected chi connectivity index (χ4v) is 6.37. The first-order chi connectivity index (χ1) is 9.87. The van der Waals surface area contributed by atoms with Crippen LogP contribution < -0.4 is 10.5 Å². The predicted molar refractivity (Wildman–Crippen MR) is 89.0 cm³/mol. The topological polar surface area (TPSA) is 72.2 Å². The van der Waals surface area contributed by atoms with Gasteiger partial charge in [-0.3, -0.25) is 0 Å². The Balaban J connectivity index is 1.90. The van der Waals surface area contributed by atoms with Crippen molar-refractivity contribution in [3.05, 3.63) is 44.1 Å². The zero-order valence-electron chi connectivity index (χ0n) is 11.4. The summed E-state index contributed by atoms with van der Waals surface area (Å²) in [5.74, 6) is 0. The van der Waals surface area contributed by atoms with Gasteiger partial charge in [0.2, 0.25) is 10.0 Å². The molecular formula is C14H15BrN2O2S2. The van der Waals surface area contributed by atoms with Gasteiger partial charge < -0.3 is 5.73 Å². The minimum atomic E-state index is -3.51. The van der Waals surface area contributed by atoms with E-state index in [9.17, 15) is 8.42 Å². The van der Waals surface area contributed by atoms with Crippen molar-refractivity contribution in [3.8, 4) is 0 Å². The highest BCUT2D eigenvalue weighted by atomic mass is 79.9. The summed E-state index contributed by atoms with van der Waals surface area (Å²) in [4.78, 5) is 1.13. The van der Waals surface area contributed by atoms with Crippen molar-refractivity contribution in [1.29, 1.82) is 0 Å². The van der Waals surface area contributed by atoms with Gasteiger partial charge in [0.1, 0.15) is 0 Å². The quantitative estimate of drug-likeness (QED) is 0.794. The maximum Gasteiger partial charge on any atom is 0.242 e. The van der Waals surface area contributed by atoms with E-state index in [-0.39, 0.29) is 6.04 Å². The Bertz CT molecular complexity index is 799. The molecule has 0 radical (unpaired) electrons. The van der Waals surface area contributed by atoms with E-state index < -0.39 is 10.0 Å². The lowest BCUT2D eigenvalue weighted by Gasteiger charge is -2.14. The molecule has 3 N–H and O–H groups in total. The van der Waals surface area contributed by atoms with Gasteiger partial charge in [-0.15, -0.1) is 11.3 Å². The molecule has 1 aromatic heterocycles. The summed E-state index contributed by atoms with van der Waals surface area (Å²) in [6.45, 7) is 1.81. The zero-order chi connectivity index (χ0) is 15.2. The molecule has 0 fully saturated rings. The Morgan fingerprint density at radius 1 is 1.38 bits per heavy atom. The normalized spacial score (nSPS) is 17.9. The summed E-state index contributed by atoms with van der Waals surface area (Å²) >= 11 is 4.76. The molecule has 1 aromatic carbocycles. The lowest BCUT2D eigenvalue weighted by Crippen LogP contribution is -2.27. The maximum atomic E-state index is 12.5. The van der Waals surface area contributed by atoms with Gasteiger partial charge >= 0.3 is 0 Å². The van der Waals surface area contributed by atoms with Crippen LogP contribution in [0.3, 0.4) is 0 Å². The third kappa shape index (κ3) is 2.88. The van der Waals surface area contributed by atoms with Crippen molar-refractivity contribution >= 4 is 43.0 Å². The number of benzene rings is 1. The Morgan fingerprint density at radius 2 is 2.14 bits per heavy atom. The van der Waals surface area contributed by atoms with E-state index in [1.54, 1.807) is 6.07 Å². The fraction of sp³-hybridized carbons (Fsp3) is 0.286. The van der Waals surface area contributed by atoms with E-state index in [4.69, 9.17) is 5.73 Å². The third-order valence-electron chi connectivity index (χ3n) is 3.67. The largest absolute Gasteiger partial charge is 0.399 e. The summed E-state index contributed by atoms with van der Waals surface area (Å²) in [7, 11) is -3.51. The number of sulfonamides is 1. The SMILES string of the molecule is Cc1sc(Br)cc1S(=O)(=O)NC1CCc2cc(N)ccc21. The minimum absolute atomic E-state index is 0.177. The van der Waals surface area contributed by atoms with Crippen molar-refractivity contribution in [2.24, 2.45) is 0 Å². The second-order valence-electron chi connectivity index (χ2n) is 5.14. The van der Waals surface area contributed by atoms with Crippen molar-refractivity contribution in [3.63, 3.8) is 0 Å². The Kier molecular flexibility index (Phi) is 3.85. The number of fused-ring (bicyclic) bond motifs is 1. The van der Waals surface area contributed by atoms with Crippen LogP contribution in [0.15, 0.2) is 32.9 Å². The molecule has 1 heterocycles. The van der Waals surface area contributed by atoms with E-state index >= 15 is 0 Å². The standard InChI is InChI=1S/C14H15BrN2O2S2/c1-8-13(7-14(15)20-8)21(18,19)17-12-5-2-9-6-10(16)3-4-11(9)12/h3-4,6-7,12,17H,2,5,16H2,1H3. The van der Waals surface area contributed by atoms with Crippen molar-refractivity contribution < 1.29 is 8.42 Å². The van der Waals surface area contributed by atoms with Crippen molar-refractivity contribution in [2.75, 3.05) is 5.73 Å². The lowest BCUT2D eigenvalue weighted by molar-refractivity contribution is 0.554. The number of hydrogen-bond donors (Lipinski definition) is 2. The molecular weight excluding hydrogens is 372 g/mol. The first-order valence-corrected chi connectivity index (χ1v) is 9.62. The van der Waals surface area contributed by atoms with Gasteiger partial charge in [-0.05, 0) is 65.0 Å². The highest BCUT2D eigenvalue weighted by molar-refractivity contribution is 9.11. The molecule has 0 spiro atoms. The summed E-state index contributed by atoms with van der Waals surface area (Å²) in [6.07, 6.45) is 1.61. The minimum Gasteiger partial charge on any atom is -0.399 e. The first-order valence-electron chi connectivity index (χ1n) is 6.53. The number of nitrogen functional groups attached to an aromatic ring is 1. The molecule has 0 bridgehead atoms. The van der Waals surface area contributed by atoms with Gasteiger partial charge in [0.05, 0.1) is 8.68 Å². The number of rotatable bonds is 3. The van der Waals surface area contributed by atoms with Crippen LogP contribution in [0.4, 0.5) is 5.69 Å². The van der Waals surface area contributed by atoms with Crippen LogP contribution in [0, 0.1) is 6.92 Å². The number of hydrogen-bond acceptors (Lipinski definition) is 4. The van der Waals surface area contributed by atoms with E-state index in [0.29, 0.717) is 4.90 Å². The molecule has 4 nitrogen and oxygen atoms in total. The van der Waals surface area contributed by atoms with Gasteiger partial charge in [0.25, 0.3) is 0 Å². The highest BCUT2D eigenvalue weighted by Gasteiger charge is 2.29. The molecule has 0 saturated heterocycles. The van der Waals surface area contributed by atoms with Crippen molar-refractivity contribution in [2.45, 2.75) is 30.7 Å². The molecule has 0 amide bonds. The summed E-state index contributed by atoms with van der Waals surface area (Å²) < 4.78 is 28.7. The van der Waals surface area contributed by atoms with Crippen LogP contribution in [0.25, 0.3) is 0 Å². The molecule has 1 unspecified atom stereocenters. The maximum absolute atomic E-state index is 12.5. The Morgan fingerprint density at radius 3 is 2.81 bits per heavy atom. The van der Waals surface area contributed by atoms with Gasteiger partial charge in [-0.25, -0.2) is 13.1 Å². The molecule has 0 aliphatic heterocycles. The van der Waals surface area contributed by atoms with Crippen LogP contribution in [0.5, 0.6) is 0 Å². The highest BCUT2D eigenvalue weighted by Crippen LogP contribution is 2.35. The first kappa shape index (κ1) is 15.0. The zero-order valence-corrected chi connectivity index (χ0v) is 14.6. The van der Waals surface area contributed by atoms with Gasteiger partial charge in [-0.1, -0.05) is 6.07 Å². The number of nitrogens with two attached hydrogens (primary N) is 1. The molecule has 0 saturated carbocycles. The van der Waals surface area contributed by atoms with E-state index in [1.807, 2.05) is 25.1 Å². The molecule has 1 atom stereocenters. The fourth-order valence-electron chi connectivity index (χ4n) is 2.71. The predicted octanol–water partition coefficient (Wildman–Crippen LogP) is 3.37. The number of anilines is 1. The smallest absolute Gasteiger partial charge is 0.242 e. The van der Waals surface area contributed by atoms with Crippen LogP contribution in [0.1, 0.15) is 28.5 Å². The van der Waals surface area contributed by atoms with Crippen molar-refractivity contribution in [1.82, 2.24) is 4.72 Å². The Labute approximate surface area is 136 Å². The molecule has 21 heavy (non-hydrogen) atoms. The Hall–Kier alpha value is -0.890. The second-order valence-corrected chi connectivity index (χ2v) is 9.46. The van der Waals surface area contributed by atoms with Crippen LogP contribution in [-0.2, 0) is 16.4 Å². The van der Waals surface area contributed by atoms with E-state index in [2.05, 4.69) is 20.7 Å². The number of nitrogens with one attached hydrogen (secondary N) is 1. The molecule has 3 rings (SSSR count). The molecule has 112 valence electrons.